The molecule has 2 aromatic carbocycles. The monoisotopic (exact) mass is 580 g/mol. The van der Waals surface area contributed by atoms with Gasteiger partial charge in [-0.2, -0.15) is 13.2 Å². The Labute approximate surface area is 238 Å². The van der Waals surface area contributed by atoms with Crippen molar-refractivity contribution in [1.29, 1.82) is 0 Å². The quantitative estimate of drug-likeness (QED) is 0.257. The van der Waals surface area contributed by atoms with Gasteiger partial charge in [0.15, 0.2) is 17.3 Å². The summed E-state index contributed by atoms with van der Waals surface area (Å²) in [6.45, 7) is 6.66. The van der Waals surface area contributed by atoms with E-state index < -0.39 is 28.9 Å². The number of aromatic nitrogens is 3. The van der Waals surface area contributed by atoms with Gasteiger partial charge in [0.25, 0.3) is 5.91 Å². The molecule has 4 heterocycles. The molecule has 2 aliphatic heterocycles. The van der Waals surface area contributed by atoms with Gasteiger partial charge in [-0.15, -0.1) is 0 Å². The van der Waals surface area contributed by atoms with Crippen molar-refractivity contribution in [3.8, 4) is 22.6 Å². The van der Waals surface area contributed by atoms with Crippen LogP contribution in [0.3, 0.4) is 0 Å². The van der Waals surface area contributed by atoms with Crippen LogP contribution in [0, 0.1) is 11.6 Å². The summed E-state index contributed by atoms with van der Waals surface area (Å²) < 4.78 is 68.6. The summed E-state index contributed by atoms with van der Waals surface area (Å²) in [5, 5.41) is 0. The fourth-order valence-corrected chi connectivity index (χ4v) is 5.28. The number of imidazole rings is 1. The standard InChI is InChI=1S/C30H25F5N6O/c1-4-39-27(42)24-26(41-16-29(2,3)38-28(39)41)40(15-17-5-11-21(31)22(32)13-17)25(37-24)19-8-12-23(36-14-19)18-6-9-20(10-7-18)30(33,34)35/h5-14H,4,15-16H2,1-3H3. The van der Waals surface area contributed by atoms with E-state index in [1.807, 2.05) is 25.7 Å². The van der Waals surface area contributed by atoms with Crippen molar-refractivity contribution in [2.24, 2.45) is 4.99 Å². The minimum atomic E-state index is -4.45. The van der Waals surface area contributed by atoms with Gasteiger partial charge in [0.2, 0.25) is 5.96 Å². The van der Waals surface area contributed by atoms with Crippen LogP contribution in [-0.2, 0) is 12.7 Å². The topological polar surface area (TPSA) is 66.6 Å². The minimum Gasteiger partial charge on any atom is -0.305 e. The van der Waals surface area contributed by atoms with Crippen LogP contribution >= 0.6 is 0 Å². The van der Waals surface area contributed by atoms with Gasteiger partial charge >= 0.3 is 6.18 Å². The van der Waals surface area contributed by atoms with Crippen molar-refractivity contribution >= 4 is 17.7 Å². The van der Waals surface area contributed by atoms with Crippen molar-refractivity contribution in [2.75, 3.05) is 18.0 Å². The number of carbonyl (C=O) groups is 1. The van der Waals surface area contributed by atoms with Crippen LogP contribution in [-0.4, -0.2) is 49.9 Å². The molecule has 2 aliphatic rings. The number of hydrogen-bond donors (Lipinski definition) is 0. The molecule has 42 heavy (non-hydrogen) atoms. The molecule has 216 valence electrons. The van der Waals surface area contributed by atoms with E-state index in [1.165, 1.54) is 24.4 Å². The SMILES string of the molecule is CCN1C(=O)c2nc(-c3ccc(-c4ccc(C(F)(F)F)cc4)nc3)n(Cc3ccc(F)c(F)c3)c2N2CC(C)(C)N=C12. The molecule has 1 amide bonds. The number of benzene rings is 2. The molecule has 0 spiro atoms. The van der Waals surface area contributed by atoms with E-state index in [2.05, 4.69) is 4.98 Å². The lowest BCUT2D eigenvalue weighted by molar-refractivity contribution is -0.137. The Kier molecular flexibility index (Phi) is 6.39. The van der Waals surface area contributed by atoms with E-state index >= 15 is 0 Å². The van der Waals surface area contributed by atoms with E-state index in [-0.39, 0.29) is 18.1 Å². The molecule has 0 atom stereocenters. The number of pyridine rings is 1. The molecule has 12 heteroatoms. The number of fused-ring (bicyclic) bond motifs is 3. The summed E-state index contributed by atoms with van der Waals surface area (Å²) in [7, 11) is 0. The lowest BCUT2D eigenvalue weighted by Crippen LogP contribution is -2.51. The molecule has 0 aliphatic carbocycles. The predicted octanol–water partition coefficient (Wildman–Crippen LogP) is 6.39. The first-order valence-electron chi connectivity index (χ1n) is 13.2. The molecule has 0 saturated carbocycles. The Balaban J connectivity index is 1.46. The number of hydrogen-bond acceptors (Lipinski definition) is 5. The maximum Gasteiger partial charge on any atom is 0.416 e. The van der Waals surface area contributed by atoms with Gasteiger partial charge in [-0.1, -0.05) is 18.2 Å². The molecule has 0 fully saturated rings. The number of aliphatic imine (C=N–C) groups is 1. The number of halogens is 5. The minimum absolute atomic E-state index is 0.0686. The van der Waals surface area contributed by atoms with E-state index in [4.69, 9.17) is 9.98 Å². The lowest BCUT2D eigenvalue weighted by Gasteiger charge is -2.34. The molecule has 7 nitrogen and oxygen atoms in total. The summed E-state index contributed by atoms with van der Waals surface area (Å²) in [6, 6.07) is 11.7. The van der Waals surface area contributed by atoms with E-state index in [0.717, 1.165) is 24.3 Å². The van der Waals surface area contributed by atoms with Gasteiger partial charge in [0, 0.05) is 23.9 Å². The van der Waals surface area contributed by atoms with Crippen molar-refractivity contribution in [3.05, 3.63) is 89.2 Å². The van der Waals surface area contributed by atoms with E-state index in [1.54, 1.807) is 21.6 Å². The average Bonchev–Trinajstić information content (AvgIpc) is 3.47. The number of guanidine groups is 1. The second-order valence-electron chi connectivity index (χ2n) is 10.8. The van der Waals surface area contributed by atoms with Crippen molar-refractivity contribution < 1.29 is 26.7 Å². The van der Waals surface area contributed by atoms with Crippen LogP contribution < -0.4 is 4.90 Å². The average molecular weight is 581 g/mol. The van der Waals surface area contributed by atoms with Gasteiger partial charge in [0.05, 0.1) is 29.9 Å². The van der Waals surface area contributed by atoms with Crippen LogP contribution in [0.2, 0.25) is 0 Å². The number of carbonyl (C=O) groups excluding carboxylic acids is 1. The predicted molar refractivity (Wildman–Crippen MR) is 147 cm³/mol. The number of amides is 1. The Morgan fingerprint density at radius 1 is 0.952 bits per heavy atom. The van der Waals surface area contributed by atoms with Gasteiger partial charge in [-0.05, 0) is 62.7 Å². The third-order valence-corrected chi connectivity index (χ3v) is 7.25. The molecule has 0 N–H and O–H groups in total. The molecular formula is C30H25F5N6O. The smallest absolute Gasteiger partial charge is 0.305 e. The number of rotatable bonds is 5. The van der Waals surface area contributed by atoms with Gasteiger partial charge < -0.3 is 4.57 Å². The summed E-state index contributed by atoms with van der Waals surface area (Å²) in [4.78, 5) is 31.1. The summed E-state index contributed by atoms with van der Waals surface area (Å²) in [5.74, 6) is -0.955. The first-order chi connectivity index (χ1) is 19.9. The van der Waals surface area contributed by atoms with Crippen LogP contribution in [0.4, 0.5) is 27.8 Å². The molecule has 0 bridgehead atoms. The largest absolute Gasteiger partial charge is 0.416 e. The van der Waals surface area contributed by atoms with Crippen LogP contribution in [0.25, 0.3) is 22.6 Å². The van der Waals surface area contributed by atoms with Gasteiger partial charge in [-0.3, -0.25) is 19.6 Å². The third kappa shape index (κ3) is 4.70. The first kappa shape index (κ1) is 27.6. The Hall–Kier alpha value is -4.61. The summed E-state index contributed by atoms with van der Waals surface area (Å²) in [5.41, 5.74) is 0.854. The molecule has 0 saturated heterocycles. The van der Waals surface area contributed by atoms with Gasteiger partial charge in [-0.25, -0.2) is 18.8 Å². The van der Waals surface area contributed by atoms with Crippen LogP contribution in [0.15, 0.2) is 65.8 Å². The summed E-state index contributed by atoms with van der Waals surface area (Å²) in [6.07, 6.45) is -2.92. The van der Waals surface area contributed by atoms with E-state index in [0.29, 0.717) is 53.1 Å². The zero-order valence-electron chi connectivity index (χ0n) is 22.9. The Bertz CT molecular complexity index is 1720. The number of nitrogens with zero attached hydrogens (tertiary/aromatic N) is 6. The highest BCUT2D eigenvalue weighted by Gasteiger charge is 2.45. The normalized spacial score (nSPS) is 16.0. The Morgan fingerprint density at radius 3 is 2.29 bits per heavy atom. The second kappa shape index (κ2) is 9.74. The second-order valence-corrected chi connectivity index (χ2v) is 10.8. The number of anilines is 1. The fraction of sp³-hybridized carbons (Fsp3) is 0.267. The highest BCUT2D eigenvalue weighted by atomic mass is 19.4. The molecule has 0 unspecified atom stereocenters. The molecular weight excluding hydrogens is 555 g/mol. The van der Waals surface area contributed by atoms with Crippen LogP contribution in [0.5, 0.6) is 0 Å². The lowest BCUT2D eigenvalue weighted by atomic mass is 10.1. The highest BCUT2D eigenvalue weighted by Crippen LogP contribution is 2.39. The molecule has 2 aromatic heterocycles. The van der Waals surface area contributed by atoms with Crippen LogP contribution in [0.1, 0.15) is 42.4 Å². The molecule has 0 radical (unpaired) electrons. The maximum atomic E-state index is 14.2. The van der Waals surface area contributed by atoms with Crippen molar-refractivity contribution in [3.63, 3.8) is 0 Å². The fourth-order valence-electron chi connectivity index (χ4n) is 5.28. The first-order valence-corrected chi connectivity index (χ1v) is 13.2. The van der Waals surface area contributed by atoms with Crippen molar-refractivity contribution in [1.82, 2.24) is 19.4 Å². The summed E-state index contributed by atoms with van der Waals surface area (Å²) >= 11 is 0. The van der Waals surface area contributed by atoms with Gasteiger partial charge in [0.1, 0.15) is 11.6 Å². The van der Waals surface area contributed by atoms with Crippen molar-refractivity contribution in [2.45, 2.75) is 39.0 Å². The van der Waals surface area contributed by atoms with E-state index in [9.17, 15) is 26.7 Å². The highest BCUT2D eigenvalue weighted by molar-refractivity contribution is 6.18. The maximum absolute atomic E-state index is 14.2. The molecule has 6 rings (SSSR count). The molecule has 4 aromatic rings. The number of alkyl halides is 3. The third-order valence-electron chi connectivity index (χ3n) is 7.25. The zero-order valence-corrected chi connectivity index (χ0v) is 22.9. The zero-order chi connectivity index (χ0) is 30.0. The Morgan fingerprint density at radius 2 is 1.67 bits per heavy atom.